The van der Waals surface area contributed by atoms with Gasteiger partial charge in [0.2, 0.25) is 0 Å². The molecule has 0 aliphatic heterocycles. The van der Waals surface area contributed by atoms with Crippen molar-refractivity contribution in [2.75, 3.05) is 33.8 Å². The number of carbonyl (C=O) groups excluding carboxylic acids is 2. The molecule has 2 N–H and O–H groups in total. The summed E-state index contributed by atoms with van der Waals surface area (Å²) >= 11 is 0. The lowest BCUT2D eigenvalue weighted by molar-refractivity contribution is -0.119. The average molecular weight is 347 g/mol. The Morgan fingerprint density at radius 1 is 1.08 bits per heavy atom. The highest BCUT2D eigenvalue weighted by Gasteiger charge is 2.19. The fourth-order valence-electron chi connectivity index (χ4n) is 3.18. The highest BCUT2D eigenvalue weighted by Crippen LogP contribution is 2.21. The van der Waals surface area contributed by atoms with Gasteiger partial charge in [-0.05, 0) is 44.2 Å². The Kier molecular flexibility index (Phi) is 7.25. The molecule has 0 spiro atoms. The number of nitrogens with zero attached hydrogens (tertiary/aromatic N) is 2. The summed E-state index contributed by atoms with van der Waals surface area (Å²) in [6.07, 6.45) is 6.51. The average Bonchev–Trinajstić information content (AvgIpc) is 2.64. The minimum atomic E-state index is -0.526. The summed E-state index contributed by atoms with van der Waals surface area (Å²) in [4.78, 5) is 27.3. The smallest absolute Gasteiger partial charge is 0.255 e. The Morgan fingerprint density at radius 2 is 1.72 bits per heavy atom. The summed E-state index contributed by atoms with van der Waals surface area (Å²) in [5.41, 5.74) is 5.65. The van der Waals surface area contributed by atoms with Gasteiger partial charge in [0.25, 0.3) is 11.8 Å². The summed E-state index contributed by atoms with van der Waals surface area (Å²) in [5.74, 6) is -0.0181. The molecule has 138 valence electrons. The van der Waals surface area contributed by atoms with E-state index in [0.717, 1.165) is 6.54 Å². The number of nitrogens with two attached hydrogens (primary N) is 1. The van der Waals surface area contributed by atoms with E-state index in [0.29, 0.717) is 23.9 Å². The largest absolute Gasteiger partial charge is 0.484 e. The van der Waals surface area contributed by atoms with E-state index in [1.165, 1.54) is 32.1 Å². The van der Waals surface area contributed by atoms with Crippen LogP contribution < -0.4 is 10.5 Å². The number of carbonyl (C=O) groups is 2. The second-order valence-corrected chi connectivity index (χ2v) is 6.78. The van der Waals surface area contributed by atoms with Gasteiger partial charge in [-0.25, -0.2) is 0 Å². The van der Waals surface area contributed by atoms with E-state index in [9.17, 15) is 9.59 Å². The maximum Gasteiger partial charge on any atom is 0.255 e. The van der Waals surface area contributed by atoms with E-state index >= 15 is 0 Å². The third-order valence-electron chi connectivity index (χ3n) is 4.82. The Morgan fingerprint density at radius 3 is 2.32 bits per heavy atom. The van der Waals surface area contributed by atoms with E-state index in [4.69, 9.17) is 10.5 Å². The first-order valence-corrected chi connectivity index (χ1v) is 8.94. The molecule has 0 atom stereocenters. The van der Waals surface area contributed by atoms with Crippen molar-refractivity contribution in [3.8, 4) is 5.75 Å². The molecule has 0 aromatic heterocycles. The first-order valence-electron chi connectivity index (χ1n) is 8.94. The zero-order valence-corrected chi connectivity index (χ0v) is 15.2. The lowest BCUT2D eigenvalue weighted by Crippen LogP contribution is -2.40. The van der Waals surface area contributed by atoms with Gasteiger partial charge >= 0.3 is 0 Å². The first kappa shape index (κ1) is 19.2. The zero-order chi connectivity index (χ0) is 18.2. The molecule has 2 amide bonds. The normalized spacial score (nSPS) is 15.2. The first-order chi connectivity index (χ1) is 12.0. The predicted octanol–water partition coefficient (Wildman–Crippen LogP) is 1.89. The molecule has 0 saturated heterocycles. The van der Waals surface area contributed by atoms with Crippen molar-refractivity contribution in [2.24, 2.45) is 5.73 Å². The van der Waals surface area contributed by atoms with Gasteiger partial charge in [0, 0.05) is 31.7 Å². The van der Waals surface area contributed by atoms with Crippen LogP contribution in [-0.2, 0) is 4.79 Å². The number of benzene rings is 1. The fourth-order valence-corrected chi connectivity index (χ4v) is 3.18. The lowest BCUT2D eigenvalue weighted by Gasteiger charge is -2.32. The van der Waals surface area contributed by atoms with Crippen LogP contribution in [0.1, 0.15) is 42.5 Å². The van der Waals surface area contributed by atoms with E-state index in [1.807, 2.05) is 7.05 Å². The van der Waals surface area contributed by atoms with E-state index in [-0.39, 0.29) is 12.5 Å². The van der Waals surface area contributed by atoms with Crippen LogP contribution in [0.4, 0.5) is 0 Å². The molecule has 1 fully saturated rings. The van der Waals surface area contributed by atoms with Gasteiger partial charge in [-0.1, -0.05) is 19.3 Å². The highest BCUT2D eigenvalue weighted by molar-refractivity contribution is 5.94. The molecule has 1 aliphatic rings. The van der Waals surface area contributed by atoms with E-state index in [1.54, 1.807) is 29.2 Å². The molecule has 1 aromatic carbocycles. The van der Waals surface area contributed by atoms with Crippen LogP contribution in [0.5, 0.6) is 5.75 Å². The van der Waals surface area contributed by atoms with Crippen molar-refractivity contribution in [3.63, 3.8) is 0 Å². The third-order valence-corrected chi connectivity index (χ3v) is 4.82. The van der Waals surface area contributed by atoms with Crippen LogP contribution in [0.3, 0.4) is 0 Å². The number of ether oxygens (including phenoxy) is 1. The van der Waals surface area contributed by atoms with Gasteiger partial charge in [-0.3, -0.25) is 9.59 Å². The minimum absolute atomic E-state index is 0.0153. The molecule has 6 heteroatoms. The van der Waals surface area contributed by atoms with Gasteiger partial charge in [-0.2, -0.15) is 0 Å². The van der Waals surface area contributed by atoms with Crippen LogP contribution in [0.25, 0.3) is 0 Å². The molecule has 0 bridgehead atoms. The molecule has 0 unspecified atom stereocenters. The second-order valence-electron chi connectivity index (χ2n) is 6.78. The quantitative estimate of drug-likeness (QED) is 0.779. The Bertz CT molecular complexity index is 568. The second kappa shape index (κ2) is 9.42. The molecule has 6 nitrogen and oxygen atoms in total. The van der Waals surface area contributed by atoms with E-state index in [2.05, 4.69) is 11.9 Å². The van der Waals surface area contributed by atoms with Crippen LogP contribution in [-0.4, -0.2) is 61.4 Å². The van der Waals surface area contributed by atoms with Crippen molar-refractivity contribution >= 4 is 11.8 Å². The number of primary amides is 1. The summed E-state index contributed by atoms with van der Waals surface area (Å²) in [5, 5.41) is 0. The van der Waals surface area contributed by atoms with Crippen LogP contribution in [0.2, 0.25) is 0 Å². The summed E-state index contributed by atoms with van der Waals surface area (Å²) in [6.45, 7) is 1.42. The summed E-state index contributed by atoms with van der Waals surface area (Å²) in [6, 6.07) is 7.43. The number of rotatable bonds is 8. The predicted molar refractivity (Wildman–Crippen MR) is 97.6 cm³/mol. The van der Waals surface area contributed by atoms with Crippen molar-refractivity contribution < 1.29 is 14.3 Å². The molecular weight excluding hydrogens is 318 g/mol. The Hall–Kier alpha value is -2.08. The molecular formula is C19H29N3O3. The van der Waals surface area contributed by atoms with E-state index < -0.39 is 5.91 Å². The molecule has 1 saturated carbocycles. The van der Waals surface area contributed by atoms with Crippen molar-refractivity contribution in [1.82, 2.24) is 9.80 Å². The molecule has 2 rings (SSSR count). The maximum absolute atomic E-state index is 12.5. The minimum Gasteiger partial charge on any atom is -0.484 e. The standard InChI is InChI=1S/C19H29N3O3/c1-21(16-6-4-3-5-7-16)12-13-22(2)19(24)15-8-10-17(11-9-15)25-14-18(20)23/h8-11,16H,3-7,12-14H2,1-2H3,(H2,20,23). The van der Waals surface area contributed by atoms with Crippen molar-refractivity contribution in [3.05, 3.63) is 29.8 Å². The highest BCUT2D eigenvalue weighted by atomic mass is 16.5. The Balaban J connectivity index is 1.81. The van der Waals surface area contributed by atoms with Crippen molar-refractivity contribution in [2.45, 2.75) is 38.1 Å². The number of amides is 2. The Labute approximate surface area is 149 Å². The zero-order valence-electron chi connectivity index (χ0n) is 15.2. The summed E-state index contributed by atoms with van der Waals surface area (Å²) < 4.78 is 5.20. The van der Waals surface area contributed by atoms with Gasteiger partial charge in [0.15, 0.2) is 6.61 Å². The van der Waals surface area contributed by atoms with Gasteiger partial charge < -0.3 is 20.3 Å². The van der Waals surface area contributed by atoms with Crippen LogP contribution in [0, 0.1) is 0 Å². The lowest BCUT2D eigenvalue weighted by atomic mass is 9.94. The molecule has 0 heterocycles. The van der Waals surface area contributed by atoms with Gasteiger partial charge in [-0.15, -0.1) is 0 Å². The summed E-state index contributed by atoms with van der Waals surface area (Å²) in [7, 11) is 3.98. The number of likely N-dealkylation sites (N-methyl/N-ethyl adjacent to an activating group) is 2. The maximum atomic E-state index is 12.5. The molecule has 0 radical (unpaired) electrons. The monoisotopic (exact) mass is 347 g/mol. The number of hydrogen-bond acceptors (Lipinski definition) is 4. The third kappa shape index (κ3) is 6.05. The molecule has 1 aromatic rings. The molecule has 25 heavy (non-hydrogen) atoms. The van der Waals surface area contributed by atoms with Crippen LogP contribution in [0.15, 0.2) is 24.3 Å². The topological polar surface area (TPSA) is 75.9 Å². The van der Waals surface area contributed by atoms with Gasteiger partial charge in [0.1, 0.15) is 5.75 Å². The molecule has 1 aliphatic carbocycles. The van der Waals surface area contributed by atoms with Gasteiger partial charge in [0.05, 0.1) is 0 Å². The number of hydrogen-bond donors (Lipinski definition) is 1. The van der Waals surface area contributed by atoms with Crippen LogP contribution >= 0.6 is 0 Å². The van der Waals surface area contributed by atoms with Crippen molar-refractivity contribution in [1.29, 1.82) is 0 Å². The fraction of sp³-hybridized carbons (Fsp3) is 0.579. The SMILES string of the molecule is CN(CCN(C)C1CCCCC1)C(=O)c1ccc(OCC(N)=O)cc1.